The summed E-state index contributed by atoms with van der Waals surface area (Å²) in [5.74, 6) is -0.512. The molecule has 0 spiro atoms. The van der Waals surface area contributed by atoms with E-state index in [1.54, 1.807) is 13.8 Å². The van der Waals surface area contributed by atoms with E-state index >= 15 is 0 Å². The number of ether oxygens (including phenoxy) is 4. The number of carbonyl (C=O) groups is 1. The van der Waals surface area contributed by atoms with E-state index in [1.165, 1.54) is 0 Å². The lowest BCUT2D eigenvalue weighted by Crippen LogP contribution is -2.29. The smallest absolute Gasteiger partial charge is 0.332 e. The quantitative estimate of drug-likeness (QED) is 0.355. The minimum Gasteiger partial charge on any atom is -0.433 e. The van der Waals surface area contributed by atoms with Crippen molar-refractivity contribution in [3.05, 3.63) is 12.7 Å². The molecule has 0 bridgehead atoms. The summed E-state index contributed by atoms with van der Waals surface area (Å²) in [5.41, 5.74) is 0. The molecule has 5 heteroatoms. The second-order valence-electron chi connectivity index (χ2n) is 3.34. The van der Waals surface area contributed by atoms with Crippen molar-refractivity contribution in [1.82, 2.24) is 0 Å². The van der Waals surface area contributed by atoms with Crippen molar-refractivity contribution >= 4 is 5.97 Å². The Morgan fingerprint density at radius 1 is 1.24 bits per heavy atom. The van der Waals surface area contributed by atoms with Gasteiger partial charge in [0.2, 0.25) is 6.29 Å². The number of carbonyl (C=O) groups excluding carboxylic acids is 1. The van der Waals surface area contributed by atoms with Crippen molar-refractivity contribution in [2.24, 2.45) is 0 Å². The number of esters is 1. The van der Waals surface area contributed by atoms with E-state index in [4.69, 9.17) is 18.9 Å². The third-order valence-corrected chi connectivity index (χ3v) is 1.88. The highest BCUT2D eigenvalue weighted by atomic mass is 16.8. The summed E-state index contributed by atoms with van der Waals surface area (Å²) in [6.07, 6.45) is 0.127. The predicted octanol–water partition coefficient (Wildman–Crippen LogP) is 2.21. The van der Waals surface area contributed by atoms with Crippen LogP contribution in [0.25, 0.3) is 0 Å². The summed E-state index contributed by atoms with van der Waals surface area (Å²) in [7, 11) is 0. The van der Waals surface area contributed by atoms with Crippen molar-refractivity contribution in [1.29, 1.82) is 0 Å². The van der Waals surface area contributed by atoms with E-state index < -0.39 is 18.5 Å². The molecule has 5 nitrogen and oxygen atoms in total. The molecule has 0 aromatic carbocycles. The molecule has 3 atom stereocenters. The highest BCUT2D eigenvalue weighted by molar-refractivity contribution is 5.81. The van der Waals surface area contributed by atoms with Crippen molar-refractivity contribution in [3.8, 4) is 0 Å². The van der Waals surface area contributed by atoms with Gasteiger partial charge in [-0.05, 0) is 20.8 Å². The Morgan fingerprint density at radius 2 is 1.88 bits per heavy atom. The number of hydrogen-bond acceptors (Lipinski definition) is 5. The van der Waals surface area contributed by atoms with Gasteiger partial charge < -0.3 is 18.9 Å². The van der Waals surface area contributed by atoms with Crippen molar-refractivity contribution in [3.63, 3.8) is 0 Å². The fraction of sp³-hybridized carbons (Fsp3) is 0.750. The lowest BCUT2D eigenvalue weighted by molar-refractivity contribution is -0.277. The van der Waals surface area contributed by atoms with Crippen LogP contribution >= 0.6 is 0 Å². The van der Waals surface area contributed by atoms with Crippen LogP contribution in [0.4, 0.5) is 0 Å². The third-order valence-electron chi connectivity index (χ3n) is 1.88. The molecule has 0 saturated carbocycles. The van der Waals surface area contributed by atoms with Crippen molar-refractivity contribution < 1.29 is 23.7 Å². The zero-order valence-electron chi connectivity index (χ0n) is 11.0. The summed E-state index contributed by atoms with van der Waals surface area (Å²) in [4.78, 5) is 11.0. The van der Waals surface area contributed by atoms with E-state index in [0.29, 0.717) is 13.0 Å². The lowest BCUT2D eigenvalue weighted by Gasteiger charge is -2.23. The third kappa shape index (κ3) is 7.90. The molecule has 0 saturated heterocycles. The second kappa shape index (κ2) is 9.15. The van der Waals surface area contributed by atoms with E-state index in [2.05, 4.69) is 6.58 Å². The Morgan fingerprint density at radius 3 is 2.35 bits per heavy atom. The van der Waals surface area contributed by atoms with Crippen LogP contribution in [0.3, 0.4) is 0 Å². The Kier molecular flexibility index (Phi) is 8.66. The monoisotopic (exact) mass is 246 g/mol. The van der Waals surface area contributed by atoms with Crippen LogP contribution in [0.5, 0.6) is 0 Å². The predicted molar refractivity (Wildman–Crippen MR) is 63.1 cm³/mol. The zero-order valence-corrected chi connectivity index (χ0v) is 11.0. The maximum atomic E-state index is 11.0. The molecule has 0 aliphatic heterocycles. The normalized spacial score (nSPS) is 16.0. The van der Waals surface area contributed by atoms with Gasteiger partial charge in [0, 0.05) is 19.1 Å². The molecular weight excluding hydrogens is 224 g/mol. The van der Waals surface area contributed by atoms with Crippen LogP contribution < -0.4 is 0 Å². The summed E-state index contributed by atoms with van der Waals surface area (Å²) in [5, 5.41) is 0. The van der Waals surface area contributed by atoms with Crippen LogP contribution in [-0.2, 0) is 23.7 Å². The maximum absolute atomic E-state index is 11.0. The van der Waals surface area contributed by atoms with Gasteiger partial charge in [-0.25, -0.2) is 4.79 Å². The molecule has 0 aliphatic rings. The minimum atomic E-state index is -0.635. The zero-order chi connectivity index (χ0) is 13.3. The molecule has 0 amide bonds. The van der Waals surface area contributed by atoms with E-state index in [-0.39, 0.29) is 6.29 Å². The molecule has 100 valence electrons. The van der Waals surface area contributed by atoms with E-state index in [9.17, 15) is 4.79 Å². The van der Waals surface area contributed by atoms with Gasteiger partial charge in [0.25, 0.3) is 0 Å². The average molecular weight is 246 g/mol. The second-order valence-corrected chi connectivity index (χ2v) is 3.34. The highest BCUT2D eigenvalue weighted by Crippen LogP contribution is 2.09. The van der Waals surface area contributed by atoms with Gasteiger partial charge in [-0.3, -0.25) is 0 Å². The fourth-order valence-electron chi connectivity index (χ4n) is 1.17. The van der Waals surface area contributed by atoms with Crippen LogP contribution in [0.15, 0.2) is 12.7 Å². The Bertz CT molecular complexity index is 229. The summed E-state index contributed by atoms with van der Waals surface area (Å²) in [6, 6.07) is 0. The van der Waals surface area contributed by atoms with E-state index in [0.717, 1.165) is 6.08 Å². The molecule has 0 aromatic heterocycles. The average Bonchev–Trinajstić information content (AvgIpc) is 2.27. The molecule has 0 N–H and O–H groups in total. The Balaban J connectivity index is 4.00. The van der Waals surface area contributed by atoms with Gasteiger partial charge in [-0.2, -0.15) is 0 Å². The number of rotatable bonds is 9. The van der Waals surface area contributed by atoms with Gasteiger partial charge in [0.15, 0.2) is 12.6 Å². The number of hydrogen-bond donors (Lipinski definition) is 0. The summed E-state index contributed by atoms with van der Waals surface area (Å²) in [6.45, 7) is 11.1. The molecule has 0 fully saturated rings. The minimum absolute atomic E-state index is 0.359. The Labute approximate surface area is 103 Å². The molecule has 17 heavy (non-hydrogen) atoms. The topological polar surface area (TPSA) is 54.0 Å². The van der Waals surface area contributed by atoms with Gasteiger partial charge in [-0.1, -0.05) is 13.5 Å². The highest BCUT2D eigenvalue weighted by Gasteiger charge is 2.17. The van der Waals surface area contributed by atoms with Crippen molar-refractivity contribution in [2.75, 3.05) is 6.61 Å². The molecule has 0 heterocycles. The fourth-order valence-corrected chi connectivity index (χ4v) is 1.17. The molecule has 0 aliphatic carbocycles. The summed E-state index contributed by atoms with van der Waals surface area (Å²) >= 11 is 0. The van der Waals surface area contributed by atoms with Crippen LogP contribution in [0.1, 0.15) is 34.1 Å². The maximum Gasteiger partial charge on any atom is 0.332 e. The Hall–Kier alpha value is -0.910. The van der Waals surface area contributed by atoms with Crippen LogP contribution in [0, 0.1) is 0 Å². The first-order valence-corrected chi connectivity index (χ1v) is 5.79. The van der Waals surface area contributed by atoms with Crippen molar-refractivity contribution in [2.45, 2.75) is 53.0 Å². The first-order chi connectivity index (χ1) is 8.03. The molecule has 0 aromatic rings. The van der Waals surface area contributed by atoms with Crippen LogP contribution in [0.2, 0.25) is 0 Å². The first-order valence-electron chi connectivity index (χ1n) is 5.79. The first kappa shape index (κ1) is 16.1. The van der Waals surface area contributed by atoms with Gasteiger partial charge in [0.05, 0.1) is 0 Å². The standard InChI is InChI=1S/C12H22O5/c1-6-11(13)17-12(7-2)16-10(5)15-9(4)14-8-3/h6,9-10,12H,1,7-8H2,2-5H3. The van der Waals surface area contributed by atoms with E-state index in [1.807, 2.05) is 13.8 Å². The van der Waals surface area contributed by atoms with Crippen LogP contribution in [-0.4, -0.2) is 31.4 Å². The summed E-state index contributed by atoms with van der Waals surface area (Å²) < 4.78 is 20.9. The molecule has 0 radical (unpaired) electrons. The largest absolute Gasteiger partial charge is 0.433 e. The van der Waals surface area contributed by atoms with Gasteiger partial charge in [-0.15, -0.1) is 0 Å². The molecule has 0 rings (SSSR count). The molecule has 3 unspecified atom stereocenters. The van der Waals surface area contributed by atoms with Gasteiger partial charge >= 0.3 is 5.97 Å². The van der Waals surface area contributed by atoms with Gasteiger partial charge in [0.1, 0.15) is 0 Å². The SMILES string of the molecule is C=CC(=O)OC(CC)OC(C)OC(C)OCC. The lowest BCUT2D eigenvalue weighted by atomic mass is 10.4. The molecular formula is C12H22O5.